The lowest BCUT2D eigenvalue weighted by Gasteiger charge is -2.03. The Bertz CT molecular complexity index is 372. The lowest BCUT2D eigenvalue weighted by atomic mass is 10.3. The van der Waals surface area contributed by atoms with Gasteiger partial charge in [-0.05, 0) is 22.0 Å². The number of nitrogens with zero attached hydrogens (tertiary/aromatic N) is 1. The largest absolute Gasteiger partial charge is 0.505 e. The Labute approximate surface area is 83.0 Å². The number of aliphatic imine (C=N–C) groups is 1. The van der Waals surface area contributed by atoms with Gasteiger partial charge >= 0.3 is 0 Å². The fourth-order valence-corrected chi connectivity index (χ4v) is 1.24. The van der Waals surface area contributed by atoms with Gasteiger partial charge in [-0.15, -0.1) is 0 Å². The number of phenols is 1. The average molecular weight is 244 g/mol. The van der Waals surface area contributed by atoms with E-state index in [0.717, 1.165) is 0 Å². The standard InChI is InChI=1S/C8H6BrNO3/c1-13-5-2-6(9)8(12)7(3-5)10-4-11/h2-3,12H,1H3. The summed E-state index contributed by atoms with van der Waals surface area (Å²) in [5, 5.41) is 9.37. The maximum absolute atomic E-state index is 9.98. The van der Waals surface area contributed by atoms with E-state index in [1.807, 2.05) is 0 Å². The van der Waals surface area contributed by atoms with Crippen molar-refractivity contribution in [3.05, 3.63) is 16.6 Å². The van der Waals surface area contributed by atoms with Crippen LogP contribution in [-0.2, 0) is 4.79 Å². The molecular formula is C8H6BrNO3. The van der Waals surface area contributed by atoms with Crippen LogP contribution in [0.3, 0.4) is 0 Å². The van der Waals surface area contributed by atoms with Gasteiger partial charge in [0.05, 0.1) is 11.6 Å². The predicted octanol–water partition coefficient (Wildman–Crippen LogP) is 2.13. The fourth-order valence-electron chi connectivity index (χ4n) is 0.813. The molecule has 5 heteroatoms. The van der Waals surface area contributed by atoms with Crippen LogP contribution in [0, 0.1) is 0 Å². The number of aromatic hydroxyl groups is 1. The van der Waals surface area contributed by atoms with Gasteiger partial charge in [0.25, 0.3) is 0 Å². The quantitative estimate of drug-likeness (QED) is 0.640. The van der Waals surface area contributed by atoms with E-state index in [1.165, 1.54) is 19.3 Å². The smallest absolute Gasteiger partial charge is 0.240 e. The molecule has 4 nitrogen and oxygen atoms in total. The zero-order valence-electron chi connectivity index (χ0n) is 6.74. The van der Waals surface area contributed by atoms with Crippen molar-refractivity contribution in [2.75, 3.05) is 7.11 Å². The lowest BCUT2D eigenvalue weighted by Crippen LogP contribution is -1.82. The van der Waals surface area contributed by atoms with Gasteiger partial charge in [0.15, 0.2) is 5.75 Å². The van der Waals surface area contributed by atoms with Crippen LogP contribution in [0.1, 0.15) is 0 Å². The number of phenolic OH excluding ortho intramolecular Hbond substituents is 1. The van der Waals surface area contributed by atoms with Gasteiger partial charge in [0, 0.05) is 6.07 Å². The first-order chi connectivity index (χ1) is 6.19. The second-order valence-corrected chi connectivity index (χ2v) is 3.03. The van der Waals surface area contributed by atoms with Crippen molar-refractivity contribution in [3.8, 4) is 11.5 Å². The zero-order valence-corrected chi connectivity index (χ0v) is 8.33. The van der Waals surface area contributed by atoms with E-state index in [9.17, 15) is 9.90 Å². The lowest BCUT2D eigenvalue weighted by molar-refractivity contribution is 0.412. The van der Waals surface area contributed by atoms with E-state index < -0.39 is 0 Å². The number of hydrogen-bond acceptors (Lipinski definition) is 4. The number of methoxy groups -OCH3 is 1. The molecule has 0 unspecified atom stereocenters. The second kappa shape index (κ2) is 4.07. The third-order valence-corrected chi connectivity index (χ3v) is 2.02. The number of benzene rings is 1. The summed E-state index contributed by atoms with van der Waals surface area (Å²) in [5.41, 5.74) is 0.126. The molecule has 0 heterocycles. The number of hydrogen-bond donors (Lipinski definition) is 1. The molecule has 1 rings (SSSR count). The molecule has 0 aliphatic rings. The van der Waals surface area contributed by atoms with Crippen LogP contribution in [-0.4, -0.2) is 18.3 Å². The van der Waals surface area contributed by atoms with Crippen LogP contribution in [0.4, 0.5) is 5.69 Å². The molecule has 0 spiro atoms. The summed E-state index contributed by atoms with van der Waals surface area (Å²) in [6.07, 6.45) is 1.34. The van der Waals surface area contributed by atoms with Crippen molar-refractivity contribution in [3.63, 3.8) is 0 Å². The minimum atomic E-state index is -0.107. The molecule has 0 saturated carbocycles. The average Bonchev–Trinajstić information content (AvgIpc) is 2.13. The maximum Gasteiger partial charge on any atom is 0.240 e. The summed E-state index contributed by atoms with van der Waals surface area (Å²) < 4.78 is 5.32. The number of halogens is 1. The molecular weight excluding hydrogens is 238 g/mol. The van der Waals surface area contributed by atoms with Gasteiger partial charge < -0.3 is 9.84 Å². The topological polar surface area (TPSA) is 58.9 Å². The molecule has 0 bridgehead atoms. The van der Waals surface area contributed by atoms with E-state index in [-0.39, 0.29) is 11.4 Å². The Hall–Kier alpha value is -1.32. The highest BCUT2D eigenvalue weighted by Crippen LogP contribution is 2.37. The number of rotatable bonds is 2. The number of ether oxygens (including phenoxy) is 1. The summed E-state index contributed by atoms with van der Waals surface area (Å²) >= 11 is 3.09. The summed E-state index contributed by atoms with van der Waals surface area (Å²) in [6, 6.07) is 3.00. The third kappa shape index (κ3) is 2.08. The Kier molecular flexibility index (Phi) is 3.06. The fraction of sp³-hybridized carbons (Fsp3) is 0.125. The highest BCUT2D eigenvalue weighted by molar-refractivity contribution is 9.10. The highest BCUT2D eigenvalue weighted by atomic mass is 79.9. The SMILES string of the molecule is COc1cc(Br)c(O)c(N=C=O)c1. The van der Waals surface area contributed by atoms with Gasteiger partial charge in [-0.25, -0.2) is 4.79 Å². The van der Waals surface area contributed by atoms with Crippen LogP contribution >= 0.6 is 15.9 Å². The van der Waals surface area contributed by atoms with Crippen molar-refractivity contribution in [2.45, 2.75) is 0 Å². The van der Waals surface area contributed by atoms with Crippen molar-refractivity contribution >= 4 is 27.7 Å². The van der Waals surface area contributed by atoms with Gasteiger partial charge in [-0.2, -0.15) is 4.99 Å². The van der Waals surface area contributed by atoms with Crippen molar-refractivity contribution in [2.24, 2.45) is 4.99 Å². The molecule has 13 heavy (non-hydrogen) atoms. The second-order valence-electron chi connectivity index (χ2n) is 2.18. The van der Waals surface area contributed by atoms with Gasteiger partial charge in [-0.3, -0.25) is 0 Å². The summed E-state index contributed by atoms with van der Waals surface area (Å²) in [6.45, 7) is 0. The Balaban J connectivity index is 3.32. The normalized spacial score (nSPS) is 9.08. The molecule has 0 atom stereocenters. The van der Waals surface area contributed by atoms with Gasteiger partial charge in [0.1, 0.15) is 11.4 Å². The first-order valence-electron chi connectivity index (χ1n) is 3.33. The van der Waals surface area contributed by atoms with Crippen LogP contribution in [0.15, 0.2) is 21.6 Å². The first-order valence-corrected chi connectivity index (χ1v) is 4.12. The molecule has 0 aliphatic heterocycles. The minimum Gasteiger partial charge on any atom is -0.505 e. The van der Waals surface area contributed by atoms with E-state index >= 15 is 0 Å². The molecule has 68 valence electrons. The van der Waals surface area contributed by atoms with Crippen molar-refractivity contribution in [1.29, 1.82) is 0 Å². The molecule has 0 aliphatic carbocycles. The van der Waals surface area contributed by atoms with E-state index in [2.05, 4.69) is 20.9 Å². The van der Waals surface area contributed by atoms with E-state index in [0.29, 0.717) is 10.2 Å². The molecule has 1 N–H and O–H groups in total. The van der Waals surface area contributed by atoms with E-state index in [1.54, 1.807) is 6.07 Å². The van der Waals surface area contributed by atoms with E-state index in [4.69, 9.17) is 4.74 Å². The van der Waals surface area contributed by atoms with Gasteiger partial charge in [-0.1, -0.05) is 0 Å². The number of isocyanates is 1. The monoisotopic (exact) mass is 243 g/mol. The zero-order chi connectivity index (χ0) is 9.84. The van der Waals surface area contributed by atoms with Crippen LogP contribution in [0.25, 0.3) is 0 Å². The predicted molar refractivity (Wildman–Crippen MR) is 50.1 cm³/mol. The Morgan fingerprint density at radius 3 is 2.85 bits per heavy atom. The van der Waals surface area contributed by atoms with Crippen LogP contribution in [0.5, 0.6) is 11.5 Å². The Morgan fingerprint density at radius 1 is 1.62 bits per heavy atom. The number of carbonyl (C=O) groups excluding carboxylic acids is 1. The summed E-state index contributed by atoms with van der Waals surface area (Å²) in [4.78, 5) is 13.3. The third-order valence-electron chi connectivity index (χ3n) is 1.42. The summed E-state index contributed by atoms with van der Waals surface area (Å²) in [5.74, 6) is 0.392. The summed E-state index contributed by atoms with van der Waals surface area (Å²) in [7, 11) is 1.48. The van der Waals surface area contributed by atoms with Gasteiger partial charge in [0.2, 0.25) is 6.08 Å². The Morgan fingerprint density at radius 2 is 2.31 bits per heavy atom. The molecule has 0 aromatic heterocycles. The van der Waals surface area contributed by atoms with Crippen LogP contribution in [0.2, 0.25) is 0 Å². The molecule has 1 aromatic carbocycles. The minimum absolute atomic E-state index is 0.107. The maximum atomic E-state index is 9.98. The molecule has 0 fully saturated rings. The van der Waals surface area contributed by atoms with Crippen molar-refractivity contribution in [1.82, 2.24) is 0 Å². The molecule has 0 radical (unpaired) electrons. The highest BCUT2D eigenvalue weighted by Gasteiger charge is 2.07. The molecule has 0 amide bonds. The first kappa shape index (κ1) is 9.77. The van der Waals surface area contributed by atoms with Crippen LogP contribution < -0.4 is 4.74 Å². The molecule has 0 saturated heterocycles. The van der Waals surface area contributed by atoms with Crippen molar-refractivity contribution < 1.29 is 14.6 Å². The molecule has 1 aromatic rings.